The molecule has 1 aliphatic heterocycles. The molecule has 2 aromatic rings. The fourth-order valence-electron chi connectivity index (χ4n) is 2.13. The van der Waals surface area contributed by atoms with E-state index in [0.717, 1.165) is 5.56 Å². The molecule has 1 aliphatic rings. The number of para-hydroxylation sites is 2. The van der Waals surface area contributed by atoms with Gasteiger partial charge in [-0.25, -0.2) is 4.57 Å². The third-order valence-electron chi connectivity index (χ3n) is 2.99. The zero-order valence-corrected chi connectivity index (χ0v) is 12.0. The van der Waals surface area contributed by atoms with E-state index < -0.39 is 13.4 Å². The van der Waals surface area contributed by atoms with E-state index in [1.807, 2.05) is 36.4 Å². The van der Waals surface area contributed by atoms with E-state index in [9.17, 15) is 4.57 Å². The molecule has 0 radical (unpaired) electrons. The molecule has 0 saturated heterocycles. The SMILES string of the molecule is CCO[P@@]1(=O)Oc2ccccc2O[C@H]1c1ccccc1. The largest absolute Gasteiger partial charge is 0.468 e. The highest BCUT2D eigenvalue weighted by Crippen LogP contribution is 2.65. The highest BCUT2D eigenvalue weighted by Gasteiger charge is 2.44. The average Bonchev–Trinajstić information content (AvgIpc) is 2.47. The second-order valence-electron chi connectivity index (χ2n) is 4.38. The summed E-state index contributed by atoms with van der Waals surface area (Å²) in [5.74, 6) is 0.294. The molecule has 0 N–H and O–H groups in total. The molecule has 0 amide bonds. The Morgan fingerprint density at radius 2 is 1.70 bits per heavy atom. The molecule has 0 bridgehead atoms. The standard InChI is InChI=1S/C15H15O4P/c1-2-17-20(16)15(12-8-4-3-5-9-12)18-13-10-6-7-11-14(13)19-20/h3-11,15H,2H2,1H3/t15-,20-/m1/s1. The van der Waals surface area contributed by atoms with Crippen LogP contribution in [0, 0.1) is 0 Å². The molecule has 5 heteroatoms. The van der Waals surface area contributed by atoms with Gasteiger partial charge in [-0.1, -0.05) is 42.5 Å². The van der Waals surface area contributed by atoms with Crippen LogP contribution in [0.1, 0.15) is 18.3 Å². The second kappa shape index (κ2) is 5.31. The number of fused-ring (bicyclic) bond motifs is 1. The lowest BCUT2D eigenvalue weighted by Gasteiger charge is -2.32. The van der Waals surface area contributed by atoms with Crippen LogP contribution in [0.5, 0.6) is 11.5 Å². The monoisotopic (exact) mass is 290 g/mol. The van der Waals surface area contributed by atoms with Crippen LogP contribution in [-0.4, -0.2) is 6.61 Å². The third-order valence-corrected chi connectivity index (χ3v) is 5.04. The molecule has 20 heavy (non-hydrogen) atoms. The van der Waals surface area contributed by atoms with Crippen molar-refractivity contribution in [3.8, 4) is 11.5 Å². The fraction of sp³-hybridized carbons (Fsp3) is 0.200. The van der Waals surface area contributed by atoms with Gasteiger partial charge in [0.05, 0.1) is 6.61 Å². The summed E-state index contributed by atoms with van der Waals surface area (Å²) in [6, 6.07) is 16.5. The molecule has 3 rings (SSSR count). The summed E-state index contributed by atoms with van der Waals surface area (Å²) < 4.78 is 29.9. The number of rotatable bonds is 3. The molecule has 0 aromatic heterocycles. The molecule has 2 aromatic carbocycles. The van der Waals surface area contributed by atoms with Gasteiger partial charge >= 0.3 is 7.60 Å². The lowest BCUT2D eigenvalue weighted by Crippen LogP contribution is -2.18. The Morgan fingerprint density at radius 3 is 2.40 bits per heavy atom. The summed E-state index contributed by atoms with van der Waals surface area (Å²) in [7, 11) is -3.40. The van der Waals surface area contributed by atoms with Crippen molar-refractivity contribution in [2.45, 2.75) is 12.8 Å². The van der Waals surface area contributed by atoms with E-state index >= 15 is 0 Å². The van der Waals surface area contributed by atoms with E-state index in [1.54, 1.807) is 25.1 Å². The van der Waals surface area contributed by atoms with Crippen LogP contribution >= 0.6 is 7.60 Å². The van der Waals surface area contributed by atoms with Gasteiger partial charge < -0.3 is 9.26 Å². The van der Waals surface area contributed by atoms with Crippen LogP contribution < -0.4 is 9.26 Å². The fourth-order valence-corrected chi connectivity index (χ4v) is 3.98. The summed E-state index contributed by atoms with van der Waals surface area (Å²) in [5.41, 5.74) is 0.777. The smallest absolute Gasteiger partial charge is 0.424 e. The van der Waals surface area contributed by atoms with Crippen molar-refractivity contribution in [1.82, 2.24) is 0 Å². The van der Waals surface area contributed by atoms with Gasteiger partial charge in [0, 0.05) is 5.56 Å². The van der Waals surface area contributed by atoms with Crippen molar-refractivity contribution in [3.05, 3.63) is 60.2 Å². The van der Waals surface area contributed by atoms with Crippen molar-refractivity contribution in [2.75, 3.05) is 6.61 Å². The van der Waals surface area contributed by atoms with Gasteiger partial charge in [0.2, 0.25) is 5.85 Å². The first-order chi connectivity index (χ1) is 9.73. The molecular weight excluding hydrogens is 275 g/mol. The van der Waals surface area contributed by atoms with Crippen molar-refractivity contribution in [3.63, 3.8) is 0 Å². The molecule has 0 fully saturated rings. The second-order valence-corrected chi connectivity index (χ2v) is 6.37. The lowest BCUT2D eigenvalue weighted by molar-refractivity contribution is 0.173. The first-order valence-electron chi connectivity index (χ1n) is 6.47. The van der Waals surface area contributed by atoms with Crippen LogP contribution in [0.15, 0.2) is 54.6 Å². The summed E-state index contributed by atoms with van der Waals surface area (Å²) in [4.78, 5) is 0. The predicted molar refractivity (Wildman–Crippen MR) is 76.1 cm³/mol. The van der Waals surface area contributed by atoms with Gasteiger partial charge in [-0.05, 0) is 19.1 Å². The average molecular weight is 290 g/mol. The first-order valence-corrected chi connectivity index (χ1v) is 8.08. The maximum absolute atomic E-state index is 13.0. The van der Waals surface area contributed by atoms with E-state index in [2.05, 4.69) is 0 Å². The maximum atomic E-state index is 13.0. The van der Waals surface area contributed by atoms with Crippen LogP contribution in [0.2, 0.25) is 0 Å². The number of ether oxygens (including phenoxy) is 1. The summed E-state index contributed by atoms with van der Waals surface area (Å²) >= 11 is 0. The Morgan fingerprint density at radius 1 is 1.05 bits per heavy atom. The summed E-state index contributed by atoms with van der Waals surface area (Å²) in [6.45, 7) is 2.08. The van der Waals surface area contributed by atoms with Crippen molar-refractivity contribution >= 4 is 7.60 Å². The van der Waals surface area contributed by atoms with E-state index in [-0.39, 0.29) is 0 Å². The number of hydrogen-bond acceptors (Lipinski definition) is 4. The van der Waals surface area contributed by atoms with Gasteiger partial charge in [-0.3, -0.25) is 4.52 Å². The molecule has 0 spiro atoms. The summed E-state index contributed by atoms with van der Waals surface area (Å²) in [6.07, 6.45) is 0. The predicted octanol–water partition coefficient (Wildman–Crippen LogP) is 4.39. The Labute approximate surface area is 117 Å². The van der Waals surface area contributed by atoms with Crippen LogP contribution in [-0.2, 0) is 9.09 Å². The maximum Gasteiger partial charge on any atom is 0.424 e. The Bertz CT molecular complexity index is 641. The highest BCUT2D eigenvalue weighted by atomic mass is 31.2. The van der Waals surface area contributed by atoms with E-state index in [1.165, 1.54) is 0 Å². The van der Waals surface area contributed by atoms with E-state index in [4.69, 9.17) is 13.8 Å². The van der Waals surface area contributed by atoms with Crippen LogP contribution in [0.4, 0.5) is 0 Å². The molecular formula is C15H15O4P. The Hall–Kier alpha value is -1.77. The van der Waals surface area contributed by atoms with Gasteiger partial charge in [-0.2, -0.15) is 0 Å². The first kappa shape index (κ1) is 13.2. The molecule has 4 nitrogen and oxygen atoms in total. The zero-order chi connectivity index (χ0) is 14.0. The molecule has 1 heterocycles. The number of benzene rings is 2. The normalized spacial score (nSPS) is 24.4. The number of hydrogen-bond donors (Lipinski definition) is 0. The van der Waals surface area contributed by atoms with Gasteiger partial charge in [-0.15, -0.1) is 0 Å². The topological polar surface area (TPSA) is 44.8 Å². The van der Waals surface area contributed by atoms with Gasteiger partial charge in [0.1, 0.15) is 0 Å². The highest BCUT2D eigenvalue weighted by molar-refractivity contribution is 7.54. The molecule has 0 unspecified atom stereocenters. The zero-order valence-electron chi connectivity index (χ0n) is 11.1. The van der Waals surface area contributed by atoms with Crippen molar-refractivity contribution in [2.24, 2.45) is 0 Å². The molecule has 0 saturated carbocycles. The Kier molecular flexibility index (Phi) is 3.51. The van der Waals surface area contributed by atoms with Gasteiger partial charge in [0.25, 0.3) is 0 Å². The lowest BCUT2D eigenvalue weighted by atomic mass is 10.2. The quantitative estimate of drug-likeness (QED) is 0.787. The molecule has 2 atom stereocenters. The molecule has 104 valence electrons. The van der Waals surface area contributed by atoms with Crippen molar-refractivity contribution in [1.29, 1.82) is 0 Å². The van der Waals surface area contributed by atoms with E-state index in [0.29, 0.717) is 18.1 Å². The van der Waals surface area contributed by atoms with Crippen LogP contribution in [0.25, 0.3) is 0 Å². The van der Waals surface area contributed by atoms with Gasteiger partial charge in [0.15, 0.2) is 11.5 Å². The van der Waals surface area contributed by atoms with Crippen LogP contribution in [0.3, 0.4) is 0 Å². The Balaban J connectivity index is 2.05. The minimum Gasteiger partial charge on any atom is -0.468 e. The molecule has 0 aliphatic carbocycles. The minimum atomic E-state index is -3.40. The van der Waals surface area contributed by atoms with Crippen molar-refractivity contribution < 1.29 is 18.3 Å². The summed E-state index contributed by atoms with van der Waals surface area (Å²) in [5, 5.41) is 0. The third kappa shape index (κ3) is 2.33. The minimum absolute atomic E-state index is 0.298.